The molecule has 0 unspecified atom stereocenters. The van der Waals surface area contributed by atoms with Crippen molar-refractivity contribution in [2.24, 2.45) is 5.92 Å². The van der Waals surface area contributed by atoms with Crippen LogP contribution in [0, 0.1) is 17.2 Å². The molecule has 1 aliphatic heterocycles. The fourth-order valence-electron chi connectivity index (χ4n) is 1.64. The number of aromatic nitrogens is 1. The van der Waals surface area contributed by atoms with Crippen LogP contribution < -0.4 is 4.90 Å². The van der Waals surface area contributed by atoms with Crippen molar-refractivity contribution in [3.05, 3.63) is 24.4 Å². The van der Waals surface area contributed by atoms with Crippen LogP contribution in [0.25, 0.3) is 0 Å². The molecular formula is C10H11N3O. The molecule has 1 aromatic rings. The van der Waals surface area contributed by atoms with Crippen LogP contribution in [0.2, 0.25) is 0 Å². The smallest absolute Gasteiger partial charge is 0.128 e. The summed E-state index contributed by atoms with van der Waals surface area (Å²) in [4.78, 5) is 6.10. The fraction of sp³-hybridized carbons (Fsp3) is 0.400. The molecule has 0 radical (unpaired) electrons. The van der Waals surface area contributed by atoms with Crippen molar-refractivity contribution in [3.63, 3.8) is 0 Å². The second-order valence-corrected chi connectivity index (χ2v) is 3.40. The largest absolute Gasteiger partial charge is 0.390 e. The highest BCUT2D eigenvalue weighted by molar-refractivity contribution is 5.40. The quantitative estimate of drug-likeness (QED) is 0.694. The lowest BCUT2D eigenvalue weighted by Gasteiger charge is -2.15. The fourth-order valence-corrected chi connectivity index (χ4v) is 1.64. The average molecular weight is 189 g/mol. The van der Waals surface area contributed by atoms with E-state index >= 15 is 0 Å². The molecule has 4 nitrogen and oxygen atoms in total. The number of aliphatic hydroxyl groups excluding tert-OH is 1. The first-order valence-electron chi connectivity index (χ1n) is 4.55. The van der Waals surface area contributed by atoms with Crippen molar-refractivity contribution in [1.29, 1.82) is 5.26 Å². The molecule has 0 aromatic carbocycles. The molecule has 0 saturated carbocycles. The molecule has 0 aliphatic carbocycles. The summed E-state index contributed by atoms with van der Waals surface area (Å²) in [5.41, 5.74) is 0. The first-order valence-corrected chi connectivity index (χ1v) is 4.55. The van der Waals surface area contributed by atoms with Gasteiger partial charge in [0.05, 0.1) is 18.1 Å². The molecule has 4 heteroatoms. The van der Waals surface area contributed by atoms with Crippen LogP contribution in [0.4, 0.5) is 5.82 Å². The number of anilines is 1. The summed E-state index contributed by atoms with van der Waals surface area (Å²) in [6.07, 6.45) is 1.16. The highest BCUT2D eigenvalue weighted by Gasteiger charge is 2.31. The van der Waals surface area contributed by atoms with Crippen LogP contribution in [0.5, 0.6) is 0 Å². The third-order valence-electron chi connectivity index (χ3n) is 2.43. The third kappa shape index (κ3) is 1.54. The molecule has 0 amide bonds. The SMILES string of the molecule is N#C[C@H]1CN(c2ccccn2)C[C@@H]1O. The topological polar surface area (TPSA) is 60.2 Å². The van der Waals surface area contributed by atoms with E-state index in [1.54, 1.807) is 6.20 Å². The van der Waals surface area contributed by atoms with E-state index in [9.17, 15) is 5.11 Å². The predicted molar refractivity (Wildman–Crippen MR) is 51.6 cm³/mol. The van der Waals surface area contributed by atoms with E-state index in [0.29, 0.717) is 13.1 Å². The number of rotatable bonds is 1. The number of nitriles is 1. The average Bonchev–Trinajstić information content (AvgIpc) is 2.61. The van der Waals surface area contributed by atoms with Crippen LogP contribution in [-0.4, -0.2) is 29.3 Å². The van der Waals surface area contributed by atoms with E-state index in [1.165, 1.54) is 0 Å². The van der Waals surface area contributed by atoms with Crippen molar-refractivity contribution < 1.29 is 5.11 Å². The van der Waals surface area contributed by atoms with Gasteiger partial charge in [-0.1, -0.05) is 6.07 Å². The summed E-state index contributed by atoms with van der Waals surface area (Å²) in [7, 11) is 0. The number of aliphatic hydroxyl groups is 1. The van der Waals surface area contributed by atoms with E-state index in [1.807, 2.05) is 23.1 Å². The van der Waals surface area contributed by atoms with E-state index in [-0.39, 0.29) is 5.92 Å². The van der Waals surface area contributed by atoms with Gasteiger partial charge < -0.3 is 10.0 Å². The Labute approximate surface area is 82.4 Å². The Morgan fingerprint density at radius 2 is 2.36 bits per heavy atom. The molecule has 14 heavy (non-hydrogen) atoms. The summed E-state index contributed by atoms with van der Waals surface area (Å²) >= 11 is 0. The Kier molecular flexibility index (Phi) is 2.33. The van der Waals surface area contributed by atoms with Crippen LogP contribution in [0.1, 0.15) is 0 Å². The lowest BCUT2D eigenvalue weighted by atomic mass is 10.1. The predicted octanol–water partition coefficient (Wildman–Crippen LogP) is 0.402. The minimum atomic E-state index is -0.554. The lowest BCUT2D eigenvalue weighted by molar-refractivity contribution is 0.171. The van der Waals surface area contributed by atoms with Gasteiger partial charge in [-0.3, -0.25) is 0 Å². The van der Waals surface area contributed by atoms with Gasteiger partial charge in [-0.2, -0.15) is 5.26 Å². The van der Waals surface area contributed by atoms with Gasteiger partial charge in [0.25, 0.3) is 0 Å². The summed E-state index contributed by atoms with van der Waals surface area (Å²) in [6, 6.07) is 7.72. The lowest BCUT2D eigenvalue weighted by Crippen LogP contribution is -2.21. The zero-order chi connectivity index (χ0) is 9.97. The van der Waals surface area contributed by atoms with Crippen molar-refractivity contribution in [1.82, 2.24) is 4.98 Å². The number of β-amino-alcohol motifs (C(OH)–C–C–N with tert-alkyl or cyclic N) is 1. The Bertz CT molecular complexity index is 346. The van der Waals surface area contributed by atoms with Gasteiger partial charge in [-0.15, -0.1) is 0 Å². The Morgan fingerprint density at radius 1 is 1.50 bits per heavy atom. The monoisotopic (exact) mass is 189 g/mol. The first kappa shape index (κ1) is 8.97. The molecular weight excluding hydrogens is 178 g/mol. The number of hydrogen-bond donors (Lipinski definition) is 1. The van der Waals surface area contributed by atoms with E-state index in [2.05, 4.69) is 11.1 Å². The zero-order valence-corrected chi connectivity index (χ0v) is 7.67. The molecule has 2 heterocycles. The maximum absolute atomic E-state index is 9.53. The van der Waals surface area contributed by atoms with Crippen LogP contribution in [0.15, 0.2) is 24.4 Å². The van der Waals surface area contributed by atoms with Crippen molar-refractivity contribution in [2.75, 3.05) is 18.0 Å². The number of pyridine rings is 1. The van der Waals surface area contributed by atoms with Crippen molar-refractivity contribution >= 4 is 5.82 Å². The highest BCUT2D eigenvalue weighted by Crippen LogP contribution is 2.21. The van der Waals surface area contributed by atoms with Gasteiger partial charge in [-0.25, -0.2) is 4.98 Å². The molecule has 1 aliphatic rings. The maximum Gasteiger partial charge on any atom is 0.128 e. The Hall–Kier alpha value is -1.60. The first-order chi connectivity index (χ1) is 6.81. The molecule has 1 aromatic heterocycles. The van der Waals surface area contributed by atoms with Crippen LogP contribution in [0.3, 0.4) is 0 Å². The van der Waals surface area contributed by atoms with Gasteiger partial charge in [0.2, 0.25) is 0 Å². The summed E-state index contributed by atoms with van der Waals surface area (Å²) in [6.45, 7) is 1.06. The van der Waals surface area contributed by atoms with Crippen molar-refractivity contribution in [2.45, 2.75) is 6.10 Å². The molecule has 2 atom stereocenters. The van der Waals surface area contributed by atoms with Gasteiger partial charge in [0.15, 0.2) is 0 Å². The Morgan fingerprint density at radius 3 is 2.93 bits per heavy atom. The second kappa shape index (κ2) is 3.64. The number of nitrogens with zero attached hydrogens (tertiary/aromatic N) is 3. The van der Waals surface area contributed by atoms with Crippen LogP contribution in [-0.2, 0) is 0 Å². The van der Waals surface area contributed by atoms with Gasteiger partial charge in [-0.05, 0) is 12.1 Å². The molecule has 0 bridgehead atoms. The Balaban J connectivity index is 2.13. The normalized spacial score (nSPS) is 26.1. The van der Waals surface area contributed by atoms with E-state index in [4.69, 9.17) is 5.26 Å². The third-order valence-corrected chi connectivity index (χ3v) is 2.43. The molecule has 1 fully saturated rings. The molecule has 72 valence electrons. The second-order valence-electron chi connectivity index (χ2n) is 3.40. The minimum absolute atomic E-state index is 0.294. The van der Waals surface area contributed by atoms with Gasteiger partial charge >= 0.3 is 0 Å². The van der Waals surface area contributed by atoms with Gasteiger partial charge in [0, 0.05) is 19.3 Å². The van der Waals surface area contributed by atoms with Crippen molar-refractivity contribution in [3.8, 4) is 6.07 Å². The van der Waals surface area contributed by atoms with E-state index in [0.717, 1.165) is 5.82 Å². The van der Waals surface area contributed by atoms with Gasteiger partial charge in [0.1, 0.15) is 5.82 Å². The molecule has 1 saturated heterocycles. The number of hydrogen-bond acceptors (Lipinski definition) is 4. The van der Waals surface area contributed by atoms with Crippen LogP contribution >= 0.6 is 0 Å². The molecule has 2 rings (SSSR count). The molecule has 1 N–H and O–H groups in total. The summed E-state index contributed by atoms with van der Waals surface area (Å²) in [5, 5.41) is 18.3. The van der Waals surface area contributed by atoms with E-state index < -0.39 is 6.10 Å². The summed E-state index contributed by atoms with van der Waals surface area (Å²) in [5.74, 6) is 0.529. The standard InChI is InChI=1S/C10H11N3O/c11-5-8-6-13(7-9(8)14)10-3-1-2-4-12-10/h1-4,8-9,14H,6-7H2/t8-,9-/m0/s1. The zero-order valence-electron chi connectivity index (χ0n) is 7.67. The minimum Gasteiger partial charge on any atom is -0.390 e. The molecule has 0 spiro atoms. The highest BCUT2D eigenvalue weighted by atomic mass is 16.3. The summed E-state index contributed by atoms with van der Waals surface area (Å²) < 4.78 is 0. The maximum atomic E-state index is 9.53.